The molecule has 2 saturated heterocycles. The van der Waals surface area contributed by atoms with Gasteiger partial charge in [0.1, 0.15) is 11.5 Å². The summed E-state index contributed by atoms with van der Waals surface area (Å²) >= 11 is 0. The second kappa shape index (κ2) is 7.50. The van der Waals surface area contributed by atoms with Crippen molar-refractivity contribution >= 4 is 0 Å². The molecule has 5 nitrogen and oxygen atoms in total. The molecule has 2 aromatic carbocycles. The molecule has 1 N–H and O–H groups in total. The van der Waals surface area contributed by atoms with E-state index in [1.807, 2.05) is 25.1 Å². The number of aliphatic hydroxyl groups excluding tert-OH is 1. The van der Waals surface area contributed by atoms with E-state index in [1.165, 1.54) is 0 Å². The summed E-state index contributed by atoms with van der Waals surface area (Å²) in [6.07, 6.45) is 0.00194. The van der Waals surface area contributed by atoms with Gasteiger partial charge in [-0.25, -0.2) is 0 Å². The van der Waals surface area contributed by atoms with Gasteiger partial charge in [-0.2, -0.15) is 0 Å². The summed E-state index contributed by atoms with van der Waals surface area (Å²) in [5, 5.41) is 9.44. The monoisotopic (exact) mass is 370 g/mol. The predicted octanol–water partition coefficient (Wildman–Crippen LogP) is 3.58. The van der Waals surface area contributed by atoms with Gasteiger partial charge in [-0.3, -0.25) is 0 Å². The lowest BCUT2D eigenvalue weighted by molar-refractivity contribution is 0.0191. The highest BCUT2D eigenvalue weighted by atomic mass is 16.5. The number of fused-ring (bicyclic) bond motifs is 1. The predicted molar refractivity (Wildman–Crippen MR) is 101 cm³/mol. The average Bonchev–Trinajstić information content (AvgIpc) is 3.30. The Bertz CT molecular complexity index is 818. The first-order valence-corrected chi connectivity index (χ1v) is 9.31. The van der Waals surface area contributed by atoms with E-state index in [1.54, 1.807) is 14.2 Å². The van der Waals surface area contributed by atoms with Crippen LogP contribution in [-0.2, 0) is 16.1 Å². The minimum Gasteiger partial charge on any atom is -0.496 e. The van der Waals surface area contributed by atoms with Gasteiger partial charge in [0.05, 0.1) is 46.2 Å². The van der Waals surface area contributed by atoms with Crippen molar-refractivity contribution in [2.45, 2.75) is 25.7 Å². The summed E-state index contributed by atoms with van der Waals surface area (Å²) in [6.45, 7) is 3.33. The van der Waals surface area contributed by atoms with Gasteiger partial charge in [0.2, 0.25) is 0 Å². The van der Waals surface area contributed by atoms with E-state index in [2.05, 4.69) is 18.2 Å². The molecule has 0 spiro atoms. The van der Waals surface area contributed by atoms with E-state index in [0.717, 1.165) is 28.0 Å². The maximum Gasteiger partial charge on any atom is 0.124 e. The van der Waals surface area contributed by atoms with Crippen LogP contribution in [0.25, 0.3) is 0 Å². The van der Waals surface area contributed by atoms with E-state index in [4.69, 9.17) is 18.9 Å². The lowest BCUT2D eigenvalue weighted by Crippen LogP contribution is -2.14. The number of methoxy groups -OCH3 is 2. The zero-order chi connectivity index (χ0) is 19.0. The molecule has 0 amide bonds. The summed E-state index contributed by atoms with van der Waals surface area (Å²) in [6, 6.07) is 12.2. The van der Waals surface area contributed by atoms with E-state index < -0.39 is 0 Å². The van der Waals surface area contributed by atoms with E-state index in [-0.39, 0.29) is 18.8 Å². The molecule has 27 heavy (non-hydrogen) atoms. The van der Waals surface area contributed by atoms with E-state index in [9.17, 15) is 5.11 Å². The zero-order valence-electron chi connectivity index (χ0n) is 16.0. The molecule has 2 fully saturated rings. The molecule has 0 radical (unpaired) electrons. The SMILES string of the molecule is COc1cc([C@H]2OC[C@H]3[C@@H]2CO[C@@H]3c2ccc(CO)c(OC)c2)ccc1C. The van der Waals surface area contributed by atoms with Gasteiger partial charge in [0.15, 0.2) is 0 Å². The van der Waals surface area contributed by atoms with Gasteiger partial charge < -0.3 is 24.1 Å². The molecule has 4 rings (SSSR count). The Morgan fingerprint density at radius 2 is 1.44 bits per heavy atom. The summed E-state index contributed by atoms with van der Waals surface area (Å²) in [5.74, 6) is 2.19. The maximum absolute atomic E-state index is 9.44. The normalized spacial score (nSPS) is 26.8. The van der Waals surface area contributed by atoms with Crippen LogP contribution in [0, 0.1) is 18.8 Å². The largest absolute Gasteiger partial charge is 0.496 e. The van der Waals surface area contributed by atoms with Crippen LogP contribution in [0.1, 0.15) is 34.5 Å². The molecule has 2 heterocycles. The van der Waals surface area contributed by atoms with Gasteiger partial charge in [0, 0.05) is 17.4 Å². The lowest BCUT2D eigenvalue weighted by atomic mass is 9.84. The van der Waals surface area contributed by atoms with Crippen LogP contribution in [0.15, 0.2) is 36.4 Å². The van der Waals surface area contributed by atoms with Crippen molar-refractivity contribution in [3.8, 4) is 11.5 Å². The Balaban J connectivity index is 1.57. The minimum atomic E-state index is -0.0402. The number of rotatable bonds is 5. The van der Waals surface area contributed by atoms with Crippen molar-refractivity contribution < 1.29 is 24.1 Å². The number of hydrogen-bond acceptors (Lipinski definition) is 5. The Morgan fingerprint density at radius 3 is 2.00 bits per heavy atom. The Hall–Kier alpha value is -2.08. The molecule has 4 atom stereocenters. The van der Waals surface area contributed by atoms with E-state index in [0.29, 0.717) is 30.8 Å². The molecule has 2 aromatic rings. The number of aliphatic hydroxyl groups is 1. The van der Waals surface area contributed by atoms with Crippen LogP contribution in [-0.4, -0.2) is 32.5 Å². The van der Waals surface area contributed by atoms with Crippen molar-refractivity contribution in [3.05, 3.63) is 58.7 Å². The van der Waals surface area contributed by atoms with Crippen molar-refractivity contribution in [3.63, 3.8) is 0 Å². The number of ether oxygens (including phenoxy) is 4. The molecular weight excluding hydrogens is 344 g/mol. The molecular formula is C22H26O5. The maximum atomic E-state index is 9.44. The van der Waals surface area contributed by atoms with Crippen LogP contribution in [0.4, 0.5) is 0 Å². The fourth-order valence-electron chi connectivity index (χ4n) is 4.32. The van der Waals surface area contributed by atoms with Crippen molar-refractivity contribution in [1.29, 1.82) is 0 Å². The molecule has 5 heteroatoms. The highest BCUT2D eigenvalue weighted by molar-refractivity contribution is 5.40. The smallest absolute Gasteiger partial charge is 0.124 e. The van der Waals surface area contributed by atoms with E-state index >= 15 is 0 Å². The zero-order valence-corrected chi connectivity index (χ0v) is 16.0. The highest BCUT2D eigenvalue weighted by Crippen LogP contribution is 2.51. The van der Waals surface area contributed by atoms with Crippen LogP contribution < -0.4 is 9.47 Å². The third-order valence-corrected chi connectivity index (χ3v) is 5.83. The van der Waals surface area contributed by atoms with Crippen LogP contribution in [0.3, 0.4) is 0 Å². The number of hydrogen-bond donors (Lipinski definition) is 1. The second-order valence-electron chi connectivity index (χ2n) is 7.29. The summed E-state index contributed by atoms with van der Waals surface area (Å²) < 4.78 is 23.3. The van der Waals surface area contributed by atoms with Gasteiger partial charge in [-0.1, -0.05) is 24.3 Å². The summed E-state index contributed by atoms with van der Waals surface area (Å²) in [4.78, 5) is 0. The lowest BCUT2D eigenvalue weighted by Gasteiger charge is -2.18. The third-order valence-electron chi connectivity index (χ3n) is 5.83. The van der Waals surface area contributed by atoms with Gasteiger partial charge in [0.25, 0.3) is 0 Å². The molecule has 144 valence electrons. The first-order valence-electron chi connectivity index (χ1n) is 9.31. The first kappa shape index (κ1) is 18.3. The molecule has 0 bridgehead atoms. The molecule has 2 aliphatic heterocycles. The van der Waals surface area contributed by atoms with Crippen LogP contribution in [0.2, 0.25) is 0 Å². The third kappa shape index (κ3) is 3.20. The Labute approximate surface area is 159 Å². The topological polar surface area (TPSA) is 57.2 Å². The first-order chi connectivity index (χ1) is 13.2. The fourth-order valence-corrected chi connectivity index (χ4v) is 4.32. The van der Waals surface area contributed by atoms with Crippen molar-refractivity contribution in [1.82, 2.24) is 0 Å². The minimum absolute atomic E-state index is 0.0195. The standard InChI is InChI=1S/C22H26O5/c1-13-4-5-14(8-19(13)24-2)21-17-11-27-22(18(17)12-26-21)15-6-7-16(10-23)20(9-15)25-3/h4-9,17-18,21-23H,10-12H2,1-3H3/t17-,18-,21+,22+/m0/s1. The summed E-state index contributed by atoms with van der Waals surface area (Å²) in [5.41, 5.74) is 4.11. The second-order valence-corrected chi connectivity index (χ2v) is 7.29. The molecule has 0 aliphatic carbocycles. The summed E-state index contributed by atoms with van der Waals surface area (Å²) in [7, 11) is 3.32. The number of aryl methyl sites for hydroxylation is 1. The number of benzene rings is 2. The van der Waals surface area contributed by atoms with Crippen molar-refractivity contribution in [2.24, 2.45) is 11.8 Å². The fraction of sp³-hybridized carbons (Fsp3) is 0.455. The van der Waals surface area contributed by atoms with Crippen LogP contribution >= 0.6 is 0 Å². The van der Waals surface area contributed by atoms with Crippen LogP contribution in [0.5, 0.6) is 11.5 Å². The molecule has 0 saturated carbocycles. The van der Waals surface area contributed by atoms with Crippen molar-refractivity contribution in [2.75, 3.05) is 27.4 Å². The molecule has 2 aliphatic rings. The highest BCUT2D eigenvalue weighted by Gasteiger charge is 2.48. The molecule has 0 aromatic heterocycles. The van der Waals surface area contributed by atoms with Gasteiger partial charge in [-0.15, -0.1) is 0 Å². The quantitative estimate of drug-likeness (QED) is 0.872. The molecule has 0 unspecified atom stereocenters. The van der Waals surface area contributed by atoms with Gasteiger partial charge >= 0.3 is 0 Å². The Kier molecular flexibility index (Phi) is 5.08. The Morgan fingerprint density at radius 1 is 0.889 bits per heavy atom. The van der Waals surface area contributed by atoms with Gasteiger partial charge in [-0.05, 0) is 35.7 Å². The average molecular weight is 370 g/mol.